The topological polar surface area (TPSA) is 15.6 Å². The second kappa shape index (κ2) is 8.73. The van der Waals surface area contributed by atoms with Crippen molar-refractivity contribution in [2.24, 2.45) is 4.99 Å². The summed E-state index contributed by atoms with van der Waals surface area (Å²) in [5, 5.41) is 0. The van der Waals surface area contributed by atoms with Crippen LogP contribution in [0.4, 0.5) is 5.69 Å². The standard InChI is InChI=1S/C21H24Cl2N2/c1-16-14-19(25(12-10-22)13-11-23)8-6-18(16)15-24-21-9-7-17-4-2-3-5-20(17)21/h2-6,8,14-15,21H,7,9-13H2,1H3. The minimum Gasteiger partial charge on any atom is -0.369 e. The van der Waals surface area contributed by atoms with E-state index in [1.807, 2.05) is 6.21 Å². The van der Waals surface area contributed by atoms with E-state index in [4.69, 9.17) is 28.2 Å². The van der Waals surface area contributed by atoms with Gasteiger partial charge in [-0.3, -0.25) is 4.99 Å². The van der Waals surface area contributed by atoms with E-state index in [1.54, 1.807) is 0 Å². The maximum absolute atomic E-state index is 5.91. The van der Waals surface area contributed by atoms with Crippen LogP contribution in [0.15, 0.2) is 47.5 Å². The van der Waals surface area contributed by atoms with Crippen molar-refractivity contribution < 1.29 is 0 Å². The Morgan fingerprint density at radius 2 is 1.88 bits per heavy atom. The van der Waals surface area contributed by atoms with Crippen molar-refractivity contribution in [1.82, 2.24) is 0 Å². The van der Waals surface area contributed by atoms with Crippen LogP contribution in [0.3, 0.4) is 0 Å². The average molecular weight is 375 g/mol. The fourth-order valence-electron chi connectivity index (χ4n) is 3.44. The zero-order valence-electron chi connectivity index (χ0n) is 14.6. The van der Waals surface area contributed by atoms with Crippen molar-refractivity contribution in [3.8, 4) is 0 Å². The molecule has 3 rings (SSSR count). The van der Waals surface area contributed by atoms with E-state index in [1.165, 1.54) is 27.9 Å². The highest BCUT2D eigenvalue weighted by Gasteiger charge is 2.20. The van der Waals surface area contributed by atoms with Crippen LogP contribution < -0.4 is 4.90 Å². The molecule has 2 nitrogen and oxygen atoms in total. The zero-order valence-corrected chi connectivity index (χ0v) is 16.1. The molecule has 0 saturated heterocycles. The third kappa shape index (κ3) is 4.37. The number of rotatable bonds is 7. The molecule has 0 aliphatic heterocycles. The normalized spacial score (nSPS) is 16.4. The highest BCUT2D eigenvalue weighted by Crippen LogP contribution is 2.33. The lowest BCUT2D eigenvalue weighted by molar-refractivity contribution is 0.719. The van der Waals surface area contributed by atoms with Crippen molar-refractivity contribution >= 4 is 35.1 Å². The lowest BCUT2D eigenvalue weighted by Crippen LogP contribution is -2.27. The fourth-order valence-corrected chi connectivity index (χ4v) is 3.84. The van der Waals surface area contributed by atoms with Gasteiger partial charge in [0.25, 0.3) is 0 Å². The Balaban J connectivity index is 1.75. The minimum absolute atomic E-state index is 0.291. The first kappa shape index (κ1) is 18.3. The maximum atomic E-state index is 5.91. The molecule has 0 radical (unpaired) electrons. The molecule has 0 N–H and O–H groups in total. The Morgan fingerprint density at radius 3 is 2.60 bits per heavy atom. The fraction of sp³-hybridized carbons (Fsp3) is 0.381. The van der Waals surface area contributed by atoms with E-state index in [2.05, 4.69) is 54.3 Å². The van der Waals surface area contributed by atoms with Crippen molar-refractivity contribution in [2.45, 2.75) is 25.8 Å². The molecule has 1 atom stereocenters. The van der Waals surface area contributed by atoms with E-state index in [0.717, 1.165) is 25.9 Å². The van der Waals surface area contributed by atoms with Gasteiger partial charge in [-0.2, -0.15) is 0 Å². The molecule has 4 heteroatoms. The van der Waals surface area contributed by atoms with Gasteiger partial charge in [-0.05, 0) is 54.2 Å². The van der Waals surface area contributed by atoms with Gasteiger partial charge in [0.15, 0.2) is 0 Å². The highest BCUT2D eigenvalue weighted by atomic mass is 35.5. The SMILES string of the molecule is Cc1cc(N(CCCl)CCCl)ccc1C=NC1CCc2ccccc21. The Hall–Kier alpha value is -1.51. The van der Waals surface area contributed by atoms with Crippen molar-refractivity contribution in [3.63, 3.8) is 0 Å². The molecular weight excluding hydrogens is 351 g/mol. The number of aliphatic imine (C=N–C) groups is 1. The summed E-state index contributed by atoms with van der Waals surface area (Å²) in [5.41, 5.74) is 6.38. The average Bonchev–Trinajstić information content (AvgIpc) is 3.04. The second-order valence-corrected chi connectivity index (χ2v) is 7.19. The van der Waals surface area contributed by atoms with Crippen LogP contribution in [0.5, 0.6) is 0 Å². The summed E-state index contributed by atoms with van der Waals surface area (Å²) in [6, 6.07) is 15.4. The van der Waals surface area contributed by atoms with Crippen LogP contribution in [-0.4, -0.2) is 31.1 Å². The summed E-state index contributed by atoms with van der Waals surface area (Å²) >= 11 is 11.8. The third-order valence-electron chi connectivity index (χ3n) is 4.82. The highest BCUT2D eigenvalue weighted by molar-refractivity contribution is 6.18. The lowest BCUT2D eigenvalue weighted by Gasteiger charge is -2.23. The first-order valence-corrected chi connectivity index (χ1v) is 9.88. The first-order chi connectivity index (χ1) is 12.2. The first-order valence-electron chi connectivity index (χ1n) is 8.81. The van der Waals surface area contributed by atoms with Crippen LogP contribution in [0, 0.1) is 6.92 Å². The summed E-state index contributed by atoms with van der Waals surface area (Å²) in [6.07, 6.45) is 4.26. The van der Waals surface area contributed by atoms with Crippen LogP contribution in [0.25, 0.3) is 0 Å². The molecule has 1 unspecified atom stereocenters. The predicted octanol–water partition coefficient (Wildman–Crippen LogP) is 5.39. The number of alkyl halides is 2. The van der Waals surface area contributed by atoms with Gasteiger partial charge in [0.2, 0.25) is 0 Å². The van der Waals surface area contributed by atoms with Crippen molar-refractivity contribution in [2.75, 3.05) is 29.7 Å². The van der Waals surface area contributed by atoms with Gasteiger partial charge in [0.05, 0.1) is 6.04 Å². The smallest absolute Gasteiger partial charge is 0.0755 e. The molecule has 1 aliphatic carbocycles. The molecule has 25 heavy (non-hydrogen) atoms. The maximum Gasteiger partial charge on any atom is 0.0755 e. The summed E-state index contributed by atoms with van der Waals surface area (Å²) in [5.74, 6) is 1.19. The second-order valence-electron chi connectivity index (χ2n) is 6.44. The molecule has 0 saturated carbocycles. The van der Waals surface area contributed by atoms with Crippen molar-refractivity contribution in [3.05, 3.63) is 64.7 Å². The molecule has 0 fully saturated rings. The molecule has 2 aromatic carbocycles. The van der Waals surface area contributed by atoms with E-state index < -0.39 is 0 Å². The number of aryl methyl sites for hydroxylation is 2. The summed E-state index contributed by atoms with van der Waals surface area (Å²) in [6.45, 7) is 3.74. The van der Waals surface area contributed by atoms with Gasteiger partial charge in [-0.15, -0.1) is 23.2 Å². The Kier molecular flexibility index (Phi) is 6.39. The number of hydrogen-bond acceptors (Lipinski definition) is 2. The number of benzene rings is 2. The molecule has 1 aliphatic rings. The summed E-state index contributed by atoms with van der Waals surface area (Å²) in [4.78, 5) is 7.09. The quantitative estimate of drug-likeness (QED) is 0.468. The largest absolute Gasteiger partial charge is 0.369 e. The Morgan fingerprint density at radius 1 is 1.12 bits per heavy atom. The van der Waals surface area contributed by atoms with Gasteiger partial charge >= 0.3 is 0 Å². The van der Waals surface area contributed by atoms with Gasteiger partial charge in [0, 0.05) is 36.8 Å². The van der Waals surface area contributed by atoms with Crippen molar-refractivity contribution in [1.29, 1.82) is 0 Å². The van der Waals surface area contributed by atoms with Gasteiger partial charge < -0.3 is 4.90 Å². The molecule has 0 bridgehead atoms. The Bertz CT molecular complexity index is 736. The number of halogens is 2. The molecular formula is C21H24Cl2N2. The van der Waals surface area contributed by atoms with E-state index in [0.29, 0.717) is 17.8 Å². The molecule has 0 heterocycles. The minimum atomic E-state index is 0.291. The number of nitrogens with zero attached hydrogens (tertiary/aromatic N) is 2. The van der Waals surface area contributed by atoms with Crippen LogP contribution >= 0.6 is 23.2 Å². The number of fused-ring (bicyclic) bond motifs is 1. The van der Waals surface area contributed by atoms with E-state index >= 15 is 0 Å². The monoisotopic (exact) mass is 374 g/mol. The van der Waals surface area contributed by atoms with E-state index in [-0.39, 0.29) is 0 Å². The third-order valence-corrected chi connectivity index (χ3v) is 5.16. The number of hydrogen-bond donors (Lipinski definition) is 0. The summed E-state index contributed by atoms with van der Waals surface area (Å²) < 4.78 is 0. The molecule has 0 aromatic heterocycles. The predicted molar refractivity (Wildman–Crippen MR) is 110 cm³/mol. The van der Waals surface area contributed by atoms with E-state index in [9.17, 15) is 0 Å². The van der Waals surface area contributed by atoms with Gasteiger partial charge in [-0.1, -0.05) is 30.3 Å². The zero-order chi connectivity index (χ0) is 17.6. The Labute approximate surface area is 160 Å². The van der Waals surface area contributed by atoms with Crippen LogP contribution in [0.1, 0.15) is 34.7 Å². The lowest BCUT2D eigenvalue weighted by atomic mass is 10.1. The molecule has 2 aromatic rings. The van der Waals surface area contributed by atoms with Gasteiger partial charge in [0.1, 0.15) is 0 Å². The molecule has 0 spiro atoms. The summed E-state index contributed by atoms with van der Waals surface area (Å²) in [7, 11) is 0. The molecule has 0 amide bonds. The molecule has 132 valence electrons. The number of anilines is 1. The van der Waals surface area contributed by atoms with Crippen LogP contribution in [0.2, 0.25) is 0 Å². The van der Waals surface area contributed by atoms with Crippen LogP contribution in [-0.2, 0) is 6.42 Å². The van der Waals surface area contributed by atoms with Gasteiger partial charge in [-0.25, -0.2) is 0 Å².